The number of nitrogen functional groups attached to an aromatic ring is 1. The lowest BCUT2D eigenvalue weighted by molar-refractivity contribution is 0.405. The second-order valence-corrected chi connectivity index (χ2v) is 10.6. The molecule has 1 aromatic rings. The number of hydrogen-bond acceptors (Lipinski definition) is 7. The highest BCUT2D eigenvalue weighted by atomic mass is 79.9. The second-order valence-electron chi connectivity index (χ2n) is 4.51. The van der Waals surface area contributed by atoms with E-state index in [4.69, 9.17) is 5.73 Å². The zero-order valence-corrected chi connectivity index (χ0v) is 15.1. The third-order valence-corrected chi connectivity index (χ3v) is 8.11. The fourth-order valence-corrected chi connectivity index (χ4v) is 7.69. The van der Waals surface area contributed by atoms with Crippen molar-refractivity contribution in [3.63, 3.8) is 0 Å². The number of hydrogen-bond donors (Lipinski definition) is 1. The molecule has 0 aromatic carbocycles. The number of thioether (sulfide) groups is 1. The number of sulfonamides is 1. The molecule has 0 aliphatic carbocycles. The number of anilines is 1. The van der Waals surface area contributed by atoms with E-state index < -0.39 is 25.2 Å². The quantitative estimate of drug-likeness (QED) is 0.766. The van der Waals surface area contributed by atoms with Gasteiger partial charge in [0, 0.05) is 35.0 Å². The molecule has 118 valence electrons. The predicted molar refractivity (Wildman–Crippen MR) is 86.2 cm³/mol. The summed E-state index contributed by atoms with van der Waals surface area (Å²) in [6.45, 7) is 0.122. The summed E-state index contributed by atoms with van der Waals surface area (Å²) in [6, 6.07) is 1.33. The Balaban J connectivity index is 2.53. The van der Waals surface area contributed by atoms with Crippen LogP contribution in [0.4, 0.5) is 5.82 Å². The van der Waals surface area contributed by atoms with Crippen molar-refractivity contribution in [1.29, 1.82) is 0 Å². The minimum absolute atomic E-state index is 0.122. The zero-order valence-electron chi connectivity index (χ0n) is 11.1. The number of nitrogens with zero attached hydrogens (tertiary/aromatic N) is 2. The summed E-state index contributed by atoms with van der Waals surface area (Å²) in [4.78, 5) is 3.61. The van der Waals surface area contributed by atoms with Crippen LogP contribution < -0.4 is 5.73 Å². The van der Waals surface area contributed by atoms with E-state index in [0.29, 0.717) is 10.2 Å². The molecule has 1 aliphatic rings. The summed E-state index contributed by atoms with van der Waals surface area (Å²) < 4.78 is 50.6. The fraction of sp³-hybridized carbons (Fsp3) is 0.500. The smallest absolute Gasteiger partial charge is 0.248 e. The summed E-state index contributed by atoms with van der Waals surface area (Å²) in [5.74, 6) is 0.593. The van der Waals surface area contributed by atoms with Crippen LogP contribution >= 0.6 is 27.7 Å². The molecule has 1 fully saturated rings. The van der Waals surface area contributed by atoms with E-state index in [9.17, 15) is 16.8 Å². The lowest BCUT2D eigenvalue weighted by atomic mass is 10.5. The Kier molecular flexibility index (Phi) is 4.88. The van der Waals surface area contributed by atoms with Gasteiger partial charge in [0.05, 0.1) is 0 Å². The van der Waals surface area contributed by atoms with E-state index in [2.05, 4.69) is 20.9 Å². The highest BCUT2D eigenvalue weighted by Crippen LogP contribution is 2.30. The predicted octanol–water partition coefficient (Wildman–Crippen LogP) is 0.535. The zero-order chi connectivity index (χ0) is 15.8. The maximum atomic E-state index is 12.7. The van der Waals surface area contributed by atoms with Gasteiger partial charge in [-0.2, -0.15) is 16.1 Å². The first-order valence-corrected chi connectivity index (χ1v) is 11.2. The molecule has 0 bridgehead atoms. The van der Waals surface area contributed by atoms with E-state index in [1.165, 1.54) is 24.0 Å². The summed E-state index contributed by atoms with van der Waals surface area (Å²) in [7, 11) is -7.56. The van der Waals surface area contributed by atoms with Crippen molar-refractivity contribution in [2.75, 3.05) is 30.0 Å². The Bertz CT molecular complexity index is 751. The number of aromatic nitrogens is 1. The van der Waals surface area contributed by atoms with Gasteiger partial charge in [0.15, 0.2) is 9.84 Å². The molecule has 11 heteroatoms. The maximum absolute atomic E-state index is 12.7. The molecule has 0 saturated carbocycles. The van der Waals surface area contributed by atoms with Gasteiger partial charge in [-0.25, -0.2) is 21.8 Å². The Labute approximate surface area is 136 Å². The summed E-state index contributed by atoms with van der Waals surface area (Å²) in [5, 5.41) is -1.08. The largest absolute Gasteiger partial charge is 0.383 e. The molecular weight excluding hydrogens is 402 g/mol. The van der Waals surface area contributed by atoms with Crippen LogP contribution in [0.1, 0.15) is 0 Å². The molecule has 1 aromatic heterocycles. The molecule has 2 N–H and O–H groups in total. The van der Waals surface area contributed by atoms with E-state index in [1.807, 2.05) is 0 Å². The average Bonchev–Trinajstić information content (AvgIpc) is 2.40. The Morgan fingerprint density at radius 1 is 1.43 bits per heavy atom. The highest BCUT2D eigenvalue weighted by Gasteiger charge is 2.40. The highest BCUT2D eigenvalue weighted by molar-refractivity contribution is 9.10. The molecule has 1 aliphatic heterocycles. The summed E-state index contributed by atoms with van der Waals surface area (Å²) in [6.07, 6.45) is 2.42. The summed E-state index contributed by atoms with van der Waals surface area (Å²) in [5.41, 5.74) is 5.64. The topological polar surface area (TPSA) is 110 Å². The SMILES string of the molecule is CS(=O)(=O)C1CSCCN1S(=O)(=O)c1cc(Br)cnc1N. The van der Waals surface area contributed by atoms with Crippen LogP contribution in [-0.4, -0.2) is 55.8 Å². The first-order valence-electron chi connectivity index (χ1n) is 5.83. The monoisotopic (exact) mass is 415 g/mol. The third-order valence-electron chi connectivity index (χ3n) is 2.97. The van der Waals surface area contributed by atoms with Gasteiger partial charge in [0.1, 0.15) is 16.1 Å². The van der Waals surface area contributed by atoms with E-state index in [1.54, 1.807) is 0 Å². The van der Waals surface area contributed by atoms with E-state index in [-0.39, 0.29) is 23.0 Å². The average molecular weight is 416 g/mol. The van der Waals surface area contributed by atoms with Crippen LogP contribution in [0, 0.1) is 0 Å². The summed E-state index contributed by atoms with van der Waals surface area (Å²) >= 11 is 4.55. The van der Waals surface area contributed by atoms with Crippen molar-refractivity contribution in [1.82, 2.24) is 9.29 Å². The van der Waals surface area contributed by atoms with Gasteiger partial charge in [-0.3, -0.25) is 0 Å². The van der Waals surface area contributed by atoms with Gasteiger partial charge >= 0.3 is 0 Å². The third kappa shape index (κ3) is 3.52. The lowest BCUT2D eigenvalue weighted by Gasteiger charge is -2.33. The molecule has 2 heterocycles. The molecule has 1 saturated heterocycles. The van der Waals surface area contributed by atoms with E-state index in [0.717, 1.165) is 10.6 Å². The van der Waals surface area contributed by atoms with Gasteiger partial charge in [-0.05, 0) is 22.0 Å². The molecule has 0 spiro atoms. The normalized spacial score (nSPS) is 21.3. The van der Waals surface area contributed by atoms with Crippen LogP contribution in [-0.2, 0) is 19.9 Å². The molecule has 2 rings (SSSR count). The van der Waals surface area contributed by atoms with Gasteiger partial charge in [-0.15, -0.1) is 0 Å². The minimum Gasteiger partial charge on any atom is -0.383 e. The van der Waals surface area contributed by atoms with E-state index >= 15 is 0 Å². The Morgan fingerprint density at radius 2 is 2.10 bits per heavy atom. The van der Waals surface area contributed by atoms with Crippen molar-refractivity contribution in [3.8, 4) is 0 Å². The molecule has 1 atom stereocenters. The fourth-order valence-electron chi connectivity index (χ4n) is 1.94. The van der Waals surface area contributed by atoms with Gasteiger partial charge < -0.3 is 5.73 Å². The Morgan fingerprint density at radius 3 is 2.71 bits per heavy atom. The molecule has 0 amide bonds. The van der Waals surface area contributed by atoms with Crippen LogP contribution in [0.5, 0.6) is 0 Å². The number of rotatable bonds is 3. The first kappa shape index (κ1) is 17.0. The molecular formula is C10H14BrN3O4S3. The number of pyridine rings is 1. The van der Waals surface area contributed by atoms with Gasteiger partial charge in [0.25, 0.3) is 0 Å². The van der Waals surface area contributed by atoms with Crippen LogP contribution in [0.3, 0.4) is 0 Å². The van der Waals surface area contributed by atoms with Crippen molar-refractivity contribution in [2.45, 2.75) is 10.3 Å². The van der Waals surface area contributed by atoms with Crippen molar-refractivity contribution < 1.29 is 16.8 Å². The van der Waals surface area contributed by atoms with Gasteiger partial charge in [0.2, 0.25) is 10.0 Å². The van der Waals surface area contributed by atoms with Crippen molar-refractivity contribution in [2.24, 2.45) is 0 Å². The number of halogens is 1. The molecule has 21 heavy (non-hydrogen) atoms. The van der Waals surface area contributed by atoms with Crippen molar-refractivity contribution >= 4 is 53.4 Å². The molecule has 7 nitrogen and oxygen atoms in total. The minimum atomic E-state index is -4.02. The Hall–Kier alpha value is -0.360. The van der Waals surface area contributed by atoms with Crippen LogP contribution in [0.15, 0.2) is 21.6 Å². The van der Waals surface area contributed by atoms with Crippen LogP contribution in [0.25, 0.3) is 0 Å². The van der Waals surface area contributed by atoms with Crippen LogP contribution in [0.2, 0.25) is 0 Å². The first-order chi connectivity index (χ1) is 9.64. The second kappa shape index (κ2) is 6.03. The van der Waals surface area contributed by atoms with Crippen molar-refractivity contribution in [3.05, 3.63) is 16.7 Å². The number of nitrogens with two attached hydrogens (primary N) is 1. The maximum Gasteiger partial charge on any atom is 0.248 e. The molecule has 1 unspecified atom stereocenters. The van der Waals surface area contributed by atoms with Gasteiger partial charge in [-0.1, -0.05) is 0 Å². The number of sulfone groups is 1. The molecule has 0 radical (unpaired) electrons. The lowest BCUT2D eigenvalue weighted by Crippen LogP contribution is -2.49. The standard InChI is InChI=1S/C10H14BrN3O4S3/c1-20(15,16)9-6-19-3-2-14(9)21(17,18)8-4-7(11)5-13-10(8)12/h4-5,9H,2-3,6H2,1H3,(H2,12,13).